The lowest BCUT2D eigenvalue weighted by Gasteiger charge is -2.57. The Balaban J connectivity index is 1.20. The molecule has 2 heterocycles. The maximum atomic E-state index is 13.3. The summed E-state index contributed by atoms with van der Waals surface area (Å²) in [6.07, 6.45) is 9.40. The van der Waals surface area contributed by atoms with Gasteiger partial charge in [0.25, 0.3) is 17.7 Å². The Morgan fingerprint density at radius 2 is 1.69 bits per heavy atom. The summed E-state index contributed by atoms with van der Waals surface area (Å²) >= 11 is 0. The molecule has 4 bridgehead atoms. The van der Waals surface area contributed by atoms with Crippen molar-refractivity contribution < 1.29 is 18.8 Å². The lowest BCUT2D eigenvalue weighted by atomic mass is 9.49. The van der Waals surface area contributed by atoms with Gasteiger partial charge < -0.3 is 9.32 Å². The Labute approximate surface area is 187 Å². The second kappa shape index (κ2) is 7.06. The fourth-order valence-electron chi connectivity index (χ4n) is 7.40. The average Bonchev–Trinajstić information content (AvgIpc) is 3.35. The first-order valence-electron chi connectivity index (χ1n) is 11.7. The quantitative estimate of drug-likeness (QED) is 0.658. The van der Waals surface area contributed by atoms with E-state index in [1.807, 2.05) is 11.9 Å². The standard InChI is InChI=1S/C26H28N2O4/c1-27(15-26-11-16-7-17(12-26)9-18(8-16)13-26)23(29)19-4-5-21-22(10-19)25(31)28(24(21)30)14-20-3-2-6-32-20/h2-6,10,16-18H,7-9,11-15H2,1H3. The predicted octanol–water partition coefficient (Wildman–Crippen LogP) is 4.36. The van der Waals surface area contributed by atoms with Gasteiger partial charge in [-0.1, -0.05) is 0 Å². The topological polar surface area (TPSA) is 70.8 Å². The fourth-order valence-corrected chi connectivity index (χ4v) is 7.40. The van der Waals surface area contributed by atoms with Crippen molar-refractivity contribution in [2.45, 2.75) is 45.1 Å². The fraction of sp³-hybridized carbons (Fsp3) is 0.500. The van der Waals surface area contributed by atoms with Crippen LogP contribution in [0.25, 0.3) is 0 Å². The minimum atomic E-state index is -0.375. The molecular formula is C26H28N2O4. The van der Waals surface area contributed by atoms with E-state index in [9.17, 15) is 14.4 Å². The highest BCUT2D eigenvalue weighted by molar-refractivity contribution is 6.22. The molecule has 1 aliphatic heterocycles. The lowest BCUT2D eigenvalue weighted by Crippen LogP contribution is -2.51. The van der Waals surface area contributed by atoms with Crippen LogP contribution in [0.15, 0.2) is 41.0 Å². The van der Waals surface area contributed by atoms with Crippen LogP contribution in [0.5, 0.6) is 0 Å². The molecule has 6 nitrogen and oxygen atoms in total. The third-order valence-corrected chi connectivity index (χ3v) is 8.20. The predicted molar refractivity (Wildman–Crippen MR) is 117 cm³/mol. The van der Waals surface area contributed by atoms with Crippen molar-refractivity contribution in [2.75, 3.05) is 13.6 Å². The van der Waals surface area contributed by atoms with Crippen LogP contribution >= 0.6 is 0 Å². The van der Waals surface area contributed by atoms with Crippen LogP contribution in [-0.2, 0) is 6.54 Å². The summed E-state index contributed by atoms with van der Waals surface area (Å²) in [6, 6.07) is 8.35. The van der Waals surface area contributed by atoms with E-state index in [1.54, 1.807) is 30.3 Å². The van der Waals surface area contributed by atoms with Crippen molar-refractivity contribution in [3.63, 3.8) is 0 Å². The lowest BCUT2D eigenvalue weighted by molar-refractivity contribution is -0.0629. The van der Waals surface area contributed by atoms with Gasteiger partial charge in [0, 0.05) is 19.2 Å². The zero-order valence-corrected chi connectivity index (χ0v) is 18.4. The molecule has 1 aromatic heterocycles. The van der Waals surface area contributed by atoms with Gasteiger partial charge in [-0.3, -0.25) is 19.3 Å². The Morgan fingerprint density at radius 3 is 2.31 bits per heavy atom. The molecule has 5 aliphatic rings. The smallest absolute Gasteiger partial charge is 0.261 e. The van der Waals surface area contributed by atoms with E-state index in [4.69, 9.17) is 4.42 Å². The van der Waals surface area contributed by atoms with E-state index in [1.165, 1.54) is 49.7 Å². The van der Waals surface area contributed by atoms with Crippen LogP contribution in [0, 0.1) is 23.2 Å². The molecule has 1 aromatic carbocycles. The number of hydrogen-bond acceptors (Lipinski definition) is 4. The van der Waals surface area contributed by atoms with E-state index in [-0.39, 0.29) is 29.7 Å². The van der Waals surface area contributed by atoms with Crippen LogP contribution in [0.2, 0.25) is 0 Å². The first kappa shape index (κ1) is 19.8. The van der Waals surface area contributed by atoms with Crippen molar-refractivity contribution >= 4 is 17.7 Å². The highest BCUT2D eigenvalue weighted by Gasteiger charge is 2.51. The van der Waals surface area contributed by atoms with E-state index >= 15 is 0 Å². The van der Waals surface area contributed by atoms with Gasteiger partial charge in [-0.25, -0.2) is 0 Å². The Morgan fingerprint density at radius 1 is 1.03 bits per heavy atom. The van der Waals surface area contributed by atoms with Crippen LogP contribution < -0.4 is 0 Å². The van der Waals surface area contributed by atoms with Crippen molar-refractivity contribution in [3.05, 3.63) is 59.0 Å². The number of amides is 3. The molecule has 7 rings (SSSR count). The molecule has 166 valence electrons. The van der Waals surface area contributed by atoms with Crippen molar-refractivity contribution in [1.82, 2.24) is 9.80 Å². The van der Waals surface area contributed by atoms with Crippen molar-refractivity contribution in [2.24, 2.45) is 23.2 Å². The molecule has 0 unspecified atom stereocenters. The van der Waals surface area contributed by atoms with Gasteiger partial charge in [-0.2, -0.15) is 0 Å². The molecule has 4 fully saturated rings. The third kappa shape index (κ3) is 3.11. The van der Waals surface area contributed by atoms with Gasteiger partial charge in [0.2, 0.25) is 0 Å². The minimum absolute atomic E-state index is 0.0757. The van der Waals surface area contributed by atoms with Gasteiger partial charge in [0.1, 0.15) is 5.76 Å². The normalized spacial score (nSPS) is 30.2. The number of fused-ring (bicyclic) bond motifs is 1. The van der Waals surface area contributed by atoms with Crippen LogP contribution in [0.3, 0.4) is 0 Å². The van der Waals surface area contributed by atoms with Crippen LogP contribution in [0.4, 0.5) is 0 Å². The number of imide groups is 1. The minimum Gasteiger partial charge on any atom is -0.467 e. The van der Waals surface area contributed by atoms with E-state index < -0.39 is 0 Å². The largest absolute Gasteiger partial charge is 0.467 e. The van der Waals surface area contributed by atoms with Crippen molar-refractivity contribution in [1.29, 1.82) is 0 Å². The molecule has 0 atom stereocenters. The van der Waals surface area contributed by atoms with Crippen LogP contribution in [0.1, 0.15) is 75.4 Å². The van der Waals surface area contributed by atoms with Crippen molar-refractivity contribution in [3.8, 4) is 0 Å². The first-order chi connectivity index (χ1) is 15.4. The highest BCUT2D eigenvalue weighted by atomic mass is 16.3. The number of nitrogens with zero attached hydrogens (tertiary/aromatic N) is 2. The summed E-state index contributed by atoms with van der Waals surface area (Å²) in [6.45, 7) is 0.873. The maximum absolute atomic E-state index is 13.3. The molecule has 0 N–H and O–H groups in total. The number of benzene rings is 1. The summed E-state index contributed by atoms with van der Waals surface area (Å²) in [5.41, 5.74) is 1.39. The summed E-state index contributed by atoms with van der Waals surface area (Å²) < 4.78 is 5.29. The second-order valence-corrected chi connectivity index (χ2v) is 10.6. The Hall–Kier alpha value is -2.89. The van der Waals surface area contributed by atoms with Gasteiger partial charge >= 0.3 is 0 Å². The van der Waals surface area contributed by atoms with Gasteiger partial charge in [-0.15, -0.1) is 0 Å². The zero-order chi connectivity index (χ0) is 22.0. The SMILES string of the molecule is CN(CC12CC3CC(CC(C3)C1)C2)C(=O)c1ccc2c(c1)C(=O)N(Cc1ccco1)C2=O. The molecule has 0 radical (unpaired) electrons. The average molecular weight is 433 g/mol. The maximum Gasteiger partial charge on any atom is 0.261 e. The second-order valence-electron chi connectivity index (χ2n) is 10.6. The third-order valence-electron chi connectivity index (χ3n) is 8.20. The summed E-state index contributed by atoms with van der Waals surface area (Å²) in [5, 5.41) is 0. The van der Waals surface area contributed by atoms with Gasteiger partial charge in [-0.05, 0) is 92.0 Å². The molecule has 6 heteroatoms. The summed E-state index contributed by atoms with van der Waals surface area (Å²) in [5.74, 6) is 2.28. The number of rotatable bonds is 5. The molecular weight excluding hydrogens is 404 g/mol. The highest BCUT2D eigenvalue weighted by Crippen LogP contribution is 2.60. The summed E-state index contributed by atoms with van der Waals surface area (Å²) in [4.78, 5) is 42.0. The molecule has 4 aliphatic carbocycles. The zero-order valence-electron chi connectivity index (χ0n) is 18.4. The van der Waals surface area contributed by atoms with E-state index in [0.29, 0.717) is 22.5 Å². The summed E-state index contributed by atoms with van der Waals surface area (Å²) in [7, 11) is 1.88. The molecule has 0 spiro atoms. The number of carbonyl (C=O) groups is 3. The number of furan rings is 1. The number of hydrogen-bond donors (Lipinski definition) is 0. The molecule has 2 aromatic rings. The first-order valence-corrected chi connectivity index (χ1v) is 11.7. The van der Waals surface area contributed by atoms with Gasteiger partial charge in [0.15, 0.2) is 0 Å². The Kier molecular flexibility index (Phi) is 4.36. The monoisotopic (exact) mass is 432 g/mol. The molecule has 32 heavy (non-hydrogen) atoms. The Bertz CT molecular complexity index is 1070. The molecule has 3 amide bonds. The molecule has 4 saturated carbocycles. The molecule has 0 saturated heterocycles. The number of carbonyl (C=O) groups excluding carboxylic acids is 3. The van der Waals surface area contributed by atoms with E-state index in [2.05, 4.69) is 0 Å². The van der Waals surface area contributed by atoms with E-state index in [0.717, 1.165) is 24.3 Å². The van der Waals surface area contributed by atoms with Crippen LogP contribution in [-0.4, -0.2) is 41.1 Å². The van der Waals surface area contributed by atoms with Gasteiger partial charge in [0.05, 0.1) is 23.9 Å².